The summed E-state index contributed by atoms with van der Waals surface area (Å²) in [6.45, 7) is 8.95. The number of rotatable bonds is 3. The maximum Gasteiger partial charge on any atom is 0.410 e. The summed E-state index contributed by atoms with van der Waals surface area (Å²) in [7, 11) is 0. The molecule has 0 unspecified atom stereocenters. The fraction of sp³-hybridized carbons (Fsp3) is 0.429. The standard InChI is InChI=1S/C28H33N3O4/c1-18-10-11-20-21(15-29-23(20)14-18)22-16-31(26(32)34-17-19-8-6-5-7-9-19)24-12-13-30(25(22)24)27(33)35-28(2,3)4/h5-11,14-15,22,24-25,29H,12-13,16-17H2,1-4H3/t22-,24-,25-/m1/s1. The lowest BCUT2D eigenvalue weighted by Crippen LogP contribution is -2.44. The summed E-state index contributed by atoms with van der Waals surface area (Å²) in [5, 5.41) is 1.12. The van der Waals surface area contributed by atoms with Crippen LogP contribution in [0.1, 0.15) is 49.8 Å². The Balaban J connectivity index is 1.44. The number of ether oxygens (including phenoxy) is 2. The molecule has 2 saturated heterocycles. The van der Waals surface area contributed by atoms with Gasteiger partial charge in [0.25, 0.3) is 0 Å². The number of carbonyl (C=O) groups is 2. The summed E-state index contributed by atoms with van der Waals surface area (Å²) >= 11 is 0. The largest absolute Gasteiger partial charge is 0.445 e. The lowest BCUT2D eigenvalue weighted by Gasteiger charge is -2.31. The second-order valence-corrected chi connectivity index (χ2v) is 10.6. The second-order valence-electron chi connectivity index (χ2n) is 10.6. The van der Waals surface area contributed by atoms with E-state index in [1.807, 2.05) is 67.1 Å². The van der Waals surface area contributed by atoms with Gasteiger partial charge in [-0.3, -0.25) is 0 Å². The highest BCUT2D eigenvalue weighted by Crippen LogP contribution is 2.43. The molecule has 2 aromatic carbocycles. The highest BCUT2D eigenvalue weighted by Gasteiger charge is 2.53. The van der Waals surface area contributed by atoms with Crippen LogP contribution in [0.4, 0.5) is 9.59 Å². The van der Waals surface area contributed by atoms with E-state index in [4.69, 9.17) is 9.47 Å². The Hall–Kier alpha value is -3.48. The van der Waals surface area contributed by atoms with Gasteiger partial charge in [-0.1, -0.05) is 42.5 Å². The predicted molar refractivity (Wildman–Crippen MR) is 134 cm³/mol. The van der Waals surface area contributed by atoms with Crippen LogP contribution >= 0.6 is 0 Å². The van der Waals surface area contributed by atoms with Crippen LogP contribution in [-0.2, 0) is 16.1 Å². The van der Waals surface area contributed by atoms with Crippen LogP contribution in [0.25, 0.3) is 10.9 Å². The number of aromatic amines is 1. The molecule has 2 amide bonds. The molecule has 3 heterocycles. The lowest BCUT2D eigenvalue weighted by molar-refractivity contribution is 0.0209. The molecule has 0 spiro atoms. The first-order valence-corrected chi connectivity index (χ1v) is 12.3. The van der Waals surface area contributed by atoms with Gasteiger partial charge in [-0.15, -0.1) is 0 Å². The number of carbonyl (C=O) groups excluding carboxylic acids is 2. The summed E-state index contributed by atoms with van der Waals surface area (Å²) in [4.78, 5) is 33.4. The van der Waals surface area contributed by atoms with Gasteiger partial charge in [0.15, 0.2) is 0 Å². The summed E-state index contributed by atoms with van der Waals surface area (Å²) in [5.41, 5.74) is 3.71. The zero-order valence-corrected chi connectivity index (χ0v) is 20.8. The molecular weight excluding hydrogens is 442 g/mol. The summed E-state index contributed by atoms with van der Waals surface area (Å²) < 4.78 is 11.5. The third-order valence-corrected chi connectivity index (χ3v) is 6.96. The number of H-pyrrole nitrogens is 1. The van der Waals surface area contributed by atoms with E-state index in [9.17, 15) is 9.59 Å². The van der Waals surface area contributed by atoms with Crippen molar-refractivity contribution in [3.05, 3.63) is 71.4 Å². The first-order valence-electron chi connectivity index (χ1n) is 12.3. The minimum atomic E-state index is -0.587. The molecule has 3 atom stereocenters. The highest BCUT2D eigenvalue weighted by atomic mass is 16.6. The van der Waals surface area contributed by atoms with Gasteiger partial charge in [-0.25, -0.2) is 9.59 Å². The van der Waals surface area contributed by atoms with Crippen molar-refractivity contribution < 1.29 is 19.1 Å². The number of aromatic nitrogens is 1. The Kier molecular flexibility index (Phi) is 5.95. The molecule has 1 N–H and O–H groups in total. The van der Waals surface area contributed by atoms with E-state index in [2.05, 4.69) is 30.1 Å². The van der Waals surface area contributed by atoms with Crippen LogP contribution in [0.2, 0.25) is 0 Å². The minimum Gasteiger partial charge on any atom is -0.445 e. The first kappa shape index (κ1) is 23.3. The van der Waals surface area contributed by atoms with Gasteiger partial charge in [0.2, 0.25) is 0 Å². The van der Waals surface area contributed by atoms with Crippen LogP contribution < -0.4 is 0 Å². The Labute approximate surface area is 206 Å². The lowest BCUT2D eigenvalue weighted by atomic mass is 9.91. The van der Waals surface area contributed by atoms with Gasteiger partial charge in [-0.2, -0.15) is 0 Å². The van der Waals surface area contributed by atoms with Crippen molar-refractivity contribution in [3.63, 3.8) is 0 Å². The number of nitrogens with one attached hydrogen (secondary N) is 1. The fourth-order valence-electron chi connectivity index (χ4n) is 5.48. The van der Waals surface area contributed by atoms with E-state index in [-0.39, 0.29) is 36.8 Å². The molecule has 7 nitrogen and oxygen atoms in total. The number of hydrogen-bond donors (Lipinski definition) is 1. The molecule has 3 aromatic rings. The van der Waals surface area contributed by atoms with E-state index in [1.54, 1.807) is 0 Å². The predicted octanol–water partition coefficient (Wildman–Crippen LogP) is 5.59. The van der Waals surface area contributed by atoms with E-state index >= 15 is 0 Å². The zero-order valence-electron chi connectivity index (χ0n) is 20.8. The van der Waals surface area contributed by atoms with Crippen molar-refractivity contribution in [2.24, 2.45) is 0 Å². The fourth-order valence-corrected chi connectivity index (χ4v) is 5.48. The number of hydrogen-bond acceptors (Lipinski definition) is 4. The molecule has 1 aromatic heterocycles. The van der Waals surface area contributed by atoms with E-state index in [0.717, 1.165) is 22.0 Å². The third-order valence-electron chi connectivity index (χ3n) is 6.96. The zero-order chi connectivity index (χ0) is 24.7. The van der Waals surface area contributed by atoms with Gasteiger partial charge >= 0.3 is 12.2 Å². The van der Waals surface area contributed by atoms with Gasteiger partial charge in [0.1, 0.15) is 12.2 Å². The average Bonchev–Trinajstić information content (AvgIpc) is 3.50. The van der Waals surface area contributed by atoms with Crippen molar-refractivity contribution in [2.75, 3.05) is 13.1 Å². The normalized spacial score (nSPS) is 21.9. The van der Waals surface area contributed by atoms with Gasteiger partial charge in [0, 0.05) is 36.1 Å². The molecular formula is C28H33N3O4. The van der Waals surface area contributed by atoms with E-state index in [0.29, 0.717) is 19.5 Å². The second kappa shape index (κ2) is 8.95. The summed E-state index contributed by atoms with van der Waals surface area (Å²) in [6, 6.07) is 15.7. The molecule has 2 aliphatic rings. The maximum absolute atomic E-state index is 13.3. The molecule has 2 aliphatic heterocycles. The molecule has 2 fully saturated rings. The van der Waals surface area contributed by atoms with Crippen molar-refractivity contribution in [1.29, 1.82) is 0 Å². The number of fused-ring (bicyclic) bond motifs is 2. The van der Waals surface area contributed by atoms with Crippen LogP contribution in [0, 0.1) is 6.92 Å². The highest BCUT2D eigenvalue weighted by molar-refractivity contribution is 5.85. The van der Waals surface area contributed by atoms with Gasteiger partial charge < -0.3 is 24.3 Å². The molecule has 7 heteroatoms. The van der Waals surface area contributed by atoms with E-state index < -0.39 is 5.60 Å². The van der Waals surface area contributed by atoms with Crippen LogP contribution in [0.3, 0.4) is 0 Å². The molecule has 0 radical (unpaired) electrons. The van der Waals surface area contributed by atoms with Gasteiger partial charge in [0.05, 0.1) is 12.1 Å². The Bertz CT molecular complexity index is 1230. The molecule has 184 valence electrons. The van der Waals surface area contributed by atoms with Crippen molar-refractivity contribution >= 4 is 23.1 Å². The monoisotopic (exact) mass is 475 g/mol. The topological polar surface area (TPSA) is 74.9 Å². The quantitative estimate of drug-likeness (QED) is 0.536. The molecule has 0 saturated carbocycles. The molecule has 5 rings (SSSR count). The van der Waals surface area contributed by atoms with Crippen molar-refractivity contribution in [2.45, 2.75) is 64.3 Å². The Morgan fingerprint density at radius 1 is 1.06 bits per heavy atom. The number of aryl methyl sites for hydroxylation is 1. The molecule has 35 heavy (non-hydrogen) atoms. The first-order chi connectivity index (χ1) is 16.7. The average molecular weight is 476 g/mol. The van der Waals surface area contributed by atoms with Gasteiger partial charge in [-0.05, 0) is 56.9 Å². The number of nitrogens with zero attached hydrogens (tertiary/aromatic N) is 2. The molecule has 0 aliphatic carbocycles. The third kappa shape index (κ3) is 4.59. The minimum absolute atomic E-state index is 0.0456. The van der Waals surface area contributed by atoms with E-state index in [1.165, 1.54) is 5.56 Å². The Morgan fingerprint density at radius 3 is 2.57 bits per heavy atom. The SMILES string of the molecule is Cc1ccc2c([C@H]3CN(C(=O)OCc4ccccc4)[C@@H]4CCN(C(=O)OC(C)(C)C)[C@H]34)c[nH]c2c1. The smallest absolute Gasteiger partial charge is 0.410 e. The van der Waals surface area contributed by atoms with Crippen molar-refractivity contribution in [3.8, 4) is 0 Å². The van der Waals surface area contributed by atoms with Crippen molar-refractivity contribution in [1.82, 2.24) is 14.8 Å². The number of amides is 2. The maximum atomic E-state index is 13.3. The van der Waals surface area contributed by atoms with Crippen LogP contribution in [0.15, 0.2) is 54.7 Å². The number of likely N-dealkylation sites (tertiary alicyclic amines) is 2. The van der Waals surface area contributed by atoms with Crippen LogP contribution in [0.5, 0.6) is 0 Å². The Morgan fingerprint density at radius 2 is 1.83 bits per heavy atom. The summed E-state index contributed by atoms with van der Waals surface area (Å²) in [6.07, 6.45) is 2.05. The van der Waals surface area contributed by atoms with Crippen LogP contribution in [-0.4, -0.2) is 57.7 Å². The number of benzene rings is 2. The molecule has 0 bridgehead atoms. The summed E-state index contributed by atoms with van der Waals surface area (Å²) in [5.74, 6) is -0.0456.